The summed E-state index contributed by atoms with van der Waals surface area (Å²) in [7, 11) is 1.71. The van der Waals surface area contributed by atoms with Crippen LogP contribution < -0.4 is 15.4 Å². The second kappa shape index (κ2) is 4.07. The summed E-state index contributed by atoms with van der Waals surface area (Å²) < 4.78 is 5.19. The number of rotatable bonds is 2. The number of ether oxygens (including phenoxy) is 1. The van der Waals surface area contributed by atoms with Gasteiger partial charge in [0.2, 0.25) is 0 Å². The molecule has 3 atom stereocenters. The zero-order chi connectivity index (χ0) is 11.0. The Morgan fingerprint density at radius 3 is 2.69 bits per heavy atom. The van der Waals surface area contributed by atoms with Gasteiger partial charge in [-0.25, -0.2) is 0 Å². The van der Waals surface area contributed by atoms with Crippen LogP contribution in [0.5, 0.6) is 5.75 Å². The van der Waals surface area contributed by atoms with E-state index in [1.54, 1.807) is 7.11 Å². The maximum absolute atomic E-state index is 5.19. The predicted molar refractivity (Wildman–Crippen MR) is 63.6 cm³/mol. The molecule has 0 unspecified atom stereocenters. The van der Waals surface area contributed by atoms with Crippen molar-refractivity contribution in [3.05, 3.63) is 29.8 Å². The van der Waals surface area contributed by atoms with Crippen LogP contribution in [0.25, 0.3) is 0 Å². The van der Waals surface area contributed by atoms with Crippen LogP contribution >= 0.6 is 0 Å². The Morgan fingerprint density at radius 2 is 1.94 bits per heavy atom. The van der Waals surface area contributed by atoms with Crippen LogP contribution in [-0.4, -0.2) is 26.7 Å². The molecule has 2 heterocycles. The van der Waals surface area contributed by atoms with Gasteiger partial charge in [0, 0.05) is 19.1 Å². The predicted octanol–water partition coefficient (Wildman–Crippen LogP) is 1.18. The highest BCUT2D eigenvalue weighted by atomic mass is 16.5. The first kappa shape index (κ1) is 10.1. The van der Waals surface area contributed by atoms with Gasteiger partial charge in [0.25, 0.3) is 0 Å². The molecule has 0 amide bonds. The van der Waals surface area contributed by atoms with E-state index in [-0.39, 0.29) is 0 Å². The summed E-state index contributed by atoms with van der Waals surface area (Å²) in [6, 6.07) is 8.97. The molecule has 2 fully saturated rings. The van der Waals surface area contributed by atoms with Crippen molar-refractivity contribution in [1.82, 2.24) is 10.6 Å². The van der Waals surface area contributed by atoms with Crippen LogP contribution in [-0.2, 0) is 0 Å². The van der Waals surface area contributed by atoms with Gasteiger partial charge >= 0.3 is 0 Å². The lowest BCUT2D eigenvalue weighted by Gasteiger charge is -2.18. The van der Waals surface area contributed by atoms with Gasteiger partial charge in [-0.05, 0) is 36.1 Å². The number of benzene rings is 1. The average molecular weight is 218 g/mol. The van der Waals surface area contributed by atoms with Crippen LogP contribution in [0.2, 0.25) is 0 Å². The SMILES string of the molecule is COc1ccc([C@H]2NC[C@@H]3CNC[C@@H]32)cc1. The van der Waals surface area contributed by atoms with Crippen molar-refractivity contribution < 1.29 is 4.74 Å². The summed E-state index contributed by atoms with van der Waals surface area (Å²) in [6.45, 7) is 3.47. The molecule has 3 nitrogen and oxygen atoms in total. The molecule has 16 heavy (non-hydrogen) atoms. The fraction of sp³-hybridized carbons (Fsp3) is 0.538. The molecule has 0 bridgehead atoms. The van der Waals surface area contributed by atoms with Gasteiger partial charge in [-0.1, -0.05) is 12.1 Å². The Balaban J connectivity index is 1.81. The lowest BCUT2D eigenvalue weighted by atomic mass is 9.90. The summed E-state index contributed by atoms with van der Waals surface area (Å²) in [5.41, 5.74) is 1.39. The third-order valence-electron chi connectivity index (χ3n) is 3.90. The number of fused-ring (bicyclic) bond motifs is 1. The first-order valence-electron chi connectivity index (χ1n) is 5.96. The summed E-state index contributed by atoms with van der Waals surface area (Å²) in [5.74, 6) is 2.50. The maximum Gasteiger partial charge on any atom is 0.118 e. The molecule has 2 saturated heterocycles. The third-order valence-corrected chi connectivity index (χ3v) is 3.90. The van der Waals surface area contributed by atoms with Crippen molar-refractivity contribution in [3.63, 3.8) is 0 Å². The fourth-order valence-electron chi connectivity index (χ4n) is 2.97. The first-order chi connectivity index (χ1) is 7.88. The summed E-state index contributed by atoms with van der Waals surface area (Å²) in [5, 5.41) is 7.11. The van der Waals surface area contributed by atoms with E-state index in [1.165, 1.54) is 12.1 Å². The van der Waals surface area contributed by atoms with Gasteiger partial charge in [-0.3, -0.25) is 0 Å². The second-order valence-electron chi connectivity index (χ2n) is 4.74. The Kier molecular flexibility index (Phi) is 2.58. The van der Waals surface area contributed by atoms with Crippen LogP contribution in [0.4, 0.5) is 0 Å². The van der Waals surface area contributed by atoms with E-state index in [4.69, 9.17) is 4.74 Å². The summed E-state index contributed by atoms with van der Waals surface area (Å²) >= 11 is 0. The van der Waals surface area contributed by atoms with Crippen LogP contribution in [0.1, 0.15) is 11.6 Å². The molecule has 0 aromatic heterocycles. The molecule has 1 aromatic rings. The van der Waals surface area contributed by atoms with Gasteiger partial charge in [0.15, 0.2) is 0 Å². The molecule has 2 aliphatic rings. The van der Waals surface area contributed by atoms with Crippen molar-refractivity contribution in [1.29, 1.82) is 0 Å². The third kappa shape index (κ3) is 1.60. The van der Waals surface area contributed by atoms with E-state index in [2.05, 4.69) is 22.8 Å². The van der Waals surface area contributed by atoms with Crippen molar-refractivity contribution in [3.8, 4) is 5.75 Å². The normalized spacial score (nSPS) is 32.7. The number of hydrogen-bond acceptors (Lipinski definition) is 3. The Morgan fingerprint density at radius 1 is 1.12 bits per heavy atom. The van der Waals surface area contributed by atoms with Gasteiger partial charge in [0.1, 0.15) is 5.75 Å². The largest absolute Gasteiger partial charge is 0.497 e. The molecule has 3 rings (SSSR count). The zero-order valence-electron chi connectivity index (χ0n) is 9.57. The average Bonchev–Trinajstić information content (AvgIpc) is 2.91. The van der Waals surface area contributed by atoms with Crippen molar-refractivity contribution in [2.45, 2.75) is 6.04 Å². The van der Waals surface area contributed by atoms with Gasteiger partial charge in [0.05, 0.1) is 7.11 Å². The summed E-state index contributed by atoms with van der Waals surface area (Å²) in [4.78, 5) is 0. The minimum atomic E-state index is 0.519. The lowest BCUT2D eigenvalue weighted by Crippen LogP contribution is -2.23. The molecule has 0 radical (unpaired) electrons. The fourth-order valence-corrected chi connectivity index (χ4v) is 2.97. The minimum absolute atomic E-state index is 0.519. The molecule has 1 aromatic carbocycles. The molecule has 86 valence electrons. The molecular weight excluding hydrogens is 200 g/mol. The molecule has 2 aliphatic heterocycles. The Hall–Kier alpha value is -1.06. The first-order valence-corrected chi connectivity index (χ1v) is 5.96. The van der Waals surface area contributed by atoms with Crippen LogP contribution in [0.15, 0.2) is 24.3 Å². The van der Waals surface area contributed by atoms with E-state index >= 15 is 0 Å². The minimum Gasteiger partial charge on any atom is -0.497 e. The molecule has 2 N–H and O–H groups in total. The Labute approximate surface area is 96.2 Å². The smallest absolute Gasteiger partial charge is 0.118 e. The van der Waals surface area contributed by atoms with E-state index in [0.29, 0.717) is 6.04 Å². The van der Waals surface area contributed by atoms with E-state index in [0.717, 1.165) is 30.7 Å². The number of hydrogen-bond donors (Lipinski definition) is 2. The van der Waals surface area contributed by atoms with Crippen LogP contribution in [0, 0.1) is 11.8 Å². The lowest BCUT2D eigenvalue weighted by molar-refractivity contribution is 0.413. The Bertz CT molecular complexity index is 363. The highest BCUT2D eigenvalue weighted by Crippen LogP contribution is 2.36. The highest BCUT2D eigenvalue weighted by Gasteiger charge is 2.39. The van der Waals surface area contributed by atoms with Crippen molar-refractivity contribution in [2.75, 3.05) is 26.7 Å². The van der Waals surface area contributed by atoms with Crippen molar-refractivity contribution in [2.24, 2.45) is 11.8 Å². The topological polar surface area (TPSA) is 33.3 Å². The van der Waals surface area contributed by atoms with Gasteiger partial charge in [-0.2, -0.15) is 0 Å². The second-order valence-corrected chi connectivity index (χ2v) is 4.74. The monoisotopic (exact) mass is 218 g/mol. The molecule has 0 aliphatic carbocycles. The quantitative estimate of drug-likeness (QED) is 0.782. The maximum atomic E-state index is 5.19. The van der Waals surface area contributed by atoms with Gasteiger partial charge in [-0.15, -0.1) is 0 Å². The van der Waals surface area contributed by atoms with E-state index in [9.17, 15) is 0 Å². The molecule has 3 heteroatoms. The van der Waals surface area contributed by atoms with E-state index in [1.807, 2.05) is 12.1 Å². The highest BCUT2D eigenvalue weighted by molar-refractivity contribution is 5.30. The number of nitrogens with one attached hydrogen (secondary N) is 2. The van der Waals surface area contributed by atoms with Crippen LogP contribution in [0.3, 0.4) is 0 Å². The van der Waals surface area contributed by atoms with Gasteiger partial charge < -0.3 is 15.4 Å². The standard InChI is InChI=1S/C13H18N2O/c1-16-11-4-2-9(3-5-11)13-12-8-14-6-10(12)7-15-13/h2-5,10,12-15H,6-8H2,1H3/t10-,12-,13+/m0/s1. The zero-order valence-corrected chi connectivity index (χ0v) is 9.57. The van der Waals surface area contributed by atoms with Crippen molar-refractivity contribution >= 4 is 0 Å². The van der Waals surface area contributed by atoms with E-state index < -0.39 is 0 Å². The summed E-state index contributed by atoms with van der Waals surface area (Å²) in [6.07, 6.45) is 0. The molecular formula is C13H18N2O. The number of methoxy groups -OCH3 is 1. The molecule has 0 spiro atoms. The molecule has 0 saturated carbocycles.